The molecule has 54 heavy (non-hydrogen) atoms. The number of epoxide rings is 1. The number of carbonyl (C=O) groups is 4. The lowest BCUT2D eigenvalue weighted by Crippen LogP contribution is -2.71. The van der Waals surface area contributed by atoms with E-state index >= 15 is 4.79 Å². The average Bonchev–Trinajstić information content (AvgIpc) is 3.75. The summed E-state index contributed by atoms with van der Waals surface area (Å²) in [4.78, 5) is 55.5. The Labute approximate surface area is 320 Å². The Morgan fingerprint density at radius 2 is 1.57 bits per heavy atom. The SMILES string of the molecule is C=C1C(=O)C23CCC4C(C)(C)CCCC4(C)C2C(OC2OC(O)C4C(C)(C)CC(OC(C)=O)C(OC(C)=O)C4(C)C45OC4CC4CC25C(=O)C4C)CC1C3. The Morgan fingerprint density at radius 1 is 0.870 bits per heavy atom. The van der Waals surface area contributed by atoms with Crippen LogP contribution in [0, 0.1) is 68.0 Å². The first-order valence-corrected chi connectivity index (χ1v) is 20.9. The Balaban J connectivity index is 1.22. The third kappa shape index (κ3) is 4.33. The van der Waals surface area contributed by atoms with Crippen LogP contribution in [-0.4, -0.2) is 71.2 Å². The van der Waals surface area contributed by atoms with Gasteiger partial charge < -0.3 is 28.8 Å². The Hall–Kier alpha value is -2.14. The molecular weight excluding hydrogens is 688 g/mol. The van der Waals surface area contributed by atoms with Gasteiger partial charge in [0.15, 0.2) is 18.4 Å². The highest BCUT2D eigenvalue weighted by molar-refractivity contribution is 6.03. The molecule has 9 fully saturated rings. The van der Waals surface area contributed by atoms with E-state index < -0.39 is 76.0 Å². The molecule has 2 saturated heterocycles. The zero-order valence-corrected chi connectivity index (χ0v) is 33.8. The fourth-order valence-corrected chi connectivity index (χ4v) is 16.6. The summed E-state index contributed by atoms with van der Waals surface area (Å²) in [5.74, 6) is -1.57. The van der Waals surface area contributed by atoms with E-state index in [1.807, 2.05) is 27.7 Å². The van der Waals surface area contributed by atoms with Crippen molar-refractivity contribution in [3.05, 3.63) is 12.2 Å². The van der Waals surface area contributed by atoms with Crippen LogP contribution in [0.1, 0.15) is 127 Å². The quantitative estimate of drug-likeness (QED) is 0.193. The van der Waals surface area contributed by atoms with Crippen LogP contribution in [0.4, 0.5) is 0 Å². The second kappa shape index (κ2) is 11.3. The number of fused-ring (bicyclic) bond motifs is 5. The van der Waals surface area contributed by atoms with Crippen molar-refractivity contribution in [3.8, 4) is 0 Å². The first kappa shape index (κ1) is 37.4. The van der Waals surface area contributed by atoms with Gasteiger partial charge in [0.05, 0.1) is 12.2 Å². The van der Waals surface area contributed by atoms with Crippen molar-refractivity contribution < 1.29 is 48.0 Å². The molecule has 17 unspecified atom stereocenters. The highest BCUT2D eigenvalue weighted by Crippen LogP contribution is 2.80. The zero-order chi connectivity index (χ0) is 38.9. The number of hydrogen-bond donors (Lipinski definition) is 1. The molecular formula is C44H62O10. The molecule has 9 aliphatic rings. The molecule has 3 spiro atoms. The summed E-state index contributed by atoms with van der Waals surface area (Å²) in [5, 5.41) is 12.6. The predicted molar refractivity (Wildman–Crippen MR) is 195 cm³/mol. The first-order valence-electron chi connectivity index (χ1n) is 20.9. The van der Waals surface area contributed by atoms with E-state index in [4.69, 9.17) is 23.7 Å². The number of rotatable bonds is 4. The highest BCUT2D eigenvalue weighted by Gasteiger charge is 2.91. The molecule has 0 amide bonds. The molecule has 0 aromatic rings. The van der Waals surface area contributed by atoms with Gasteiger partial charge in [-0.1, -0.05) is 61.5 Å². The molecule has 2 heterocycles. The zero-order valence-electron chi connectivity index (χ0n) is 33.8. The van der Waals surface area contributed by atoms with Crippen molar-refractivity contribution in [2.24, 2.45) is 68.0 Å². The fourth-order valence-electron chi connectivity index (χ4n) is 16.6. The summed E-state index contributed by atoms with van der Waals surface area (Å²) in [6.45, 7) is 22.2. The van der Waals surface area contributed by atoms with E-state index in [1.165, 1.54) is 13.8 Å². The van der Waals surface area contributed by atoms with E-state index in [-0.39, 0.29) is 52.2 Å². The number of ether oxygens (including phenoxy) is 5. The van der Waals surface area contributed by atoms with Crippen LogP contribution in [0.15, 0.2) is 12.2 Å². The van der Waals surface area contributed by atoms with Crippen molar-refractivity contribution in [1.29, 1.82) is 0 Å². The third-order valence-corrected chi connectivity index (χ3v) is 18.0. The molecule has 0 aromatic carbocycles. The predicted octanol–water partition coefficient (Wildman–Crippen LogP) is 6.49. The minimum Gasteiger partial charge on any atom is -0.459 e. The van der Waals surface area contributed by atoms with Gasteiger partial charge in [0, 0.05) is 42.4 Å². The van der Waals surface area contributed by atoms with E-state index in [2.05, 4.69) is 27.4 Å². The summed E-state index contributed by atoms with van der Waals surface area (Å²) < 4.78 is 33.8. The molecule has 4 bridgehead atoms. The van der Waals surface area contributed by atoms with Gasteiger partial charge in [-0.25, -0.2) is 0 Å². The van der Waals surface area contributed by atoms with E-state index in [9.17, 15) is 19.5 Å². The summed E-state index contributed by atoms with van der Waals surface area (Å²) in [5.41, 5.74) is -4.48. The maximum absolute atomic E-state index is 15.4. The van der Waals surface area contributed by atoms with Gasteiger partial charge in [0.1, 0.15) is 29.0 Å². The number of aliphatic hydroxyl groups is 1. The van der Waals surface area contributed by atoms with Crippen LogP contribution < -0.4 is 0 Å². The Morgan fingerprint density at radius 3 is 2.26 bits per heavy atom. The van der Waals surface area contributed by atoms with Crippen LogP contribution in [-0.2, 0) is 42.9 Å². The smallest absolute Gasteiger partial charge is 0.303 e. The van der Waals surface area contributed by atoms with Crippen molar-refractivity contribution in [2.45, 2.75) is 169 Å². The molecule has 2 aliphatic heterocycles. The number of aliphatic hydroxyl groups excluding tert-OH is 1. The molecule has 1 N–H and O–H groups in total. The van der Waals surface area contributed by atoms with Gasteiger partial charge >= 0.3 is 11.9 Å². The van der Waals surface area contributed by atoms with Gasteiger partial charge in [-0.05, 0) is 97.4 Å². The lowest BCUT2D eigenvalue weighted by atomic mass is 9.40. The van der Waals surface area contributed by atoms with Crippen molar-refractivity contribution >= 4 is 23.5 Å². The van der Waals surface area contributed by atoms with Crippen LogP contribution in [0.5, 0.6) is 0 Å². The van der Waals surface area contributed by atoms with Gasteiger partial charge in [-0.3, -0.25) is 19.2 Å². The van der Waals surface area contributed by atoms with Crippen LogP contribution >= 0.6 is 0 Å². The average molecular weight is 751 g/mol. The number of Topliss-reactive ketones (excluding diaryl/α,β-unsaturated/α-hetero) is 2. The molecule has 10 nitrogen and oxygen atoms in total. The minimum atomic E-state index is -1.43. The number of allylic oxidation sites excluding steroid dienone is 1. The van der Waals surface area contributed by atoms with Gasteiger partial charge in [0.2, 0.25) is 0 Å². The lowest BCUT2D eigenvalue weighted by molar-refractivity contribution is -0.315. The second-order valence-electron chi connectivity index (χ2n) is 21.4. The topological polar surface area (TPSA) is 138 Å². The summed E-state index contributed by atoms with van der Waals surface area (Å²) in [6, 6.07) is 0. The maximum Gasteiger partial charge on any atom is 0.303 e. The number of hydrogen-bond acceptors (Lipinski definition) is 10. The maximum atomic E-state index is 15.4. The number of ketones is 2. The van der Waals surface area contributed by atoms with Gasteiger partial charge in [-0.15, -0.1) is 0 Å². The second-order valence-corrected chi connectivity index (χ2v) is 21.4. The Bertz CT molecular complexity index is 1720. The van der Waals surface area contributed by atoms with Gasteiger partial charge in [-0.2, -0.15) is 0 Å². The Kier molecular flexibility index (Phi) is 7.82. The molecule has 17 atom stereocenters. The highest BCUT2D eigenvalue weighted by atomic mass is 16.7. The summed E-state index contributed by atoms with van der Waals surface area (Å²) >= 11 is 0. The molecule has 298 valence electrons. The van der Waals surface area contributed by atoms with Gasteiger partial charge in [0.25, 0.3) is 0 Å². The summed E-state index contributed by atoms with van der Waals surface area (Å²) in [6.07, 6.45) is 2.54. The van der Waals surface area contributed by atoms with Crippen LogP contribution in [0.25, 0.3) is 0 Å². The van der Waals surface area contributed by atoms with Crippen molar-refractivity contribution in [2.75, 3.05) is 0 Å². The fraction of sp³-hybridized carbons (Fsp3) is 0.864. The molecule has 0 aromatic heterocycles. The molecule has 0 radical (unpaired) electrons. The standard InChI is InChI=1S/C44H62O10/c1-21-25-16-27(31-40(9)14-11-13-38(5,6)29(40)12-15-42(31,18-25)33(21)47)52-37-43-19-26(22(2)34(43)48)17-30-44(43,54-30)41(10)32(36(49)53-37)39(7,8)20-28(50-23(3)45)35(41)51-24(4)46/h22,25-32,35-37,49H,1,11-20H2,2-10H3. The molecule has 9 rings (SSSR count). The molecule has 7 aliphatic carbocycles. The van der Waals surface area contributed by atoms with E-state index in [1.54, 1.807) is 0 Å². The third-order valence-electron chi connectivity index (χ3n) is 18.0. The molecule has 7 saturated carbocycles. The van der Waals surface area contributed by atoms with E-state index in [0.717, 1.165) is 38.5 Å². The largest absolute Gasteiger partial charge is 0.459 e. The minimum absolute atomic E-state index is 0.0129. The number of carbonyl (C=O) groups excluding carboxylic acids is 4. The number of esters is 2. The van der Waals surface area contributed by atoms with Crippen molar-refractivity contribution in [1.82, 2.24) is 0 Å². The molecule has 10 heteroatoms. The normalized spacial score (nSPS) is 54.6. The summed E-state index contributed by atoms with van der Waals surface area (Å²) in [7, 11) is 0. The monoisotopic (exact) mass is 750 g/mol. The van der Waals surface area contributed by atoms with Crippen LogP contribution in [0.3, 0.4) is 0 Å². The first-order chi connectivity index (χ1) is 25.1. The van der Waals surface area contributed by atoms with Crippen LogP contribution in [0.2, 0.25) is 0 Å². The van der Waals surface area contributed by atoms with E-state index in [0.29, 0.717) is 37.2 Å². The van der Waals surface area contributed by atoms with Crippen molar-refractivity contribution in [3.63, 3.8) is 0 Å². The lowest BCUT2D eigenvalue weighted by Gasteiger charge is -2.65.